The summed E-state index contributed by atoms with van der Waals surface area (Å²) in [6.45, 7) is 5.80. The first-order valence-corrected chi connectivity index (χ1v) is 5.68. The van der Waals surface area contributed by atoms with E-state index < -0.39 is 0 Å². The number of hydrogen-bond acceptors (Lipinski definition) is 1. The van der Waals surface area contributed by atoms with E-state index in [1.807, 2.05) is 0 Å². The number of hydrogen-bond donors (Lipinski definition) is 0. The van der Waals surface area contributed by atoms with Crippen molar-refractivity contribution in [2.75, 3.05) is 25.5 Å². The summed E-state index contributed by atoms with van der Waals surface area (Å²) in [5.41, 5.74) is 0. The van der Waals surface area contributed by atoms with Crippen LogP contribution in [0, 0.1) is 5.92 Å². The van der Waals surface area contributed by atoms with Gasteiger partial charge >= 0.3 is 0 Å². The zero-order valence-corrected chi connectivity index (χ0v) is 8.82. The summed E-state index contributed by atoms with van der Waals surface area (Å²) in [6, 6.07) is 0. The van der Waals surface area contributed by atoms with Gasteiger partial charge in [-0.2, -0.15) is 0 Å². The minimum absolute atomic E-state index is 0.782. The Morgan fingerprint density at radius 1 is 1.25 bits per heavy atom. The largest absolute Gasteiger partial charge is 0.302 e. The minimum Gasteiger partial charge on any atom is -0.302 e. The van der Waals surface area contributed by atoms with Crippen LogP contribution in [0.3, 0.4) is 0 Å². The number of rotatable bonds is 7. The van der Waals surface area contributed by atoms with Gasteiger partial charge in [-0.05, 0) is 31.8 Å². The zero-order chi connectivity index (χ0) is 8.81. The van der Waals surface area contributed by atoms with Crippen molar-refractivity contribution in [3.8, 4) is 0 Å². The third-order valence-electron chi connectivity index (χ3n) is 2.49. The summed E-state index contributed by atoms with van der Waals surface area (Å²) in [4.78, 5) is 2.49. The average Bonchev–Trinajstić information content (AvgIpc) is 2.84. The average molecular weight is 190 g/mol. The first-order valence-electron chi connectivity index (χ1n) is 5.15. The second-order valence-electron chi connectivity index (χ2n) is 3.76. The number of nitrogens with zero attached hydrogens (tertiary/aromatic N) is 1. The molecule has 0 aromatic carbocycles. The molecule has 0 spiro atoms. The molecule has 1 aliphatic rings. The molecule has 0 unspecified atom stereocenters. The molecule has 0 N–H and O–H groups in total. The summed E-state index contributed by atoms with van der Waals surface area (Å²) in [7, 11) is 0. The van der Waals surface area contributed by atoms with Gasteiger partial charge in [0.2, 0.25) is 0 Å². The van der Waals surface area contributed by atoms with E-state index in [-0.39, 0.29) is 0 Å². The van der Waals surface area contributed by atoms with Gasteiger partial charge in [0.15, 0.2) is 0 Å². The van der Waals surface area contributed by atoms with Crippen molar-refractivity contribution >= 4 is 11.6 Å². The molecule has 0 bridgehead atoms. The van der Waals surface area contributed by atoms with Crippen LogP contribution in [0.5, 0.6) is 0 Å². The van der Waals surface area contributed by atoms with Crippen molar-refractivity contribution in [1.29, 1.82) is 0 Å². The van der Waals surface area contributed by atoms with Crippen LogP contribution in [-0.4, -0.2) is 30.4 Å². The van der Waals surface area contributed by atoms with Crippen LogP contribution in [-0.2, 0) is 0 Å². The van der Waals surface area contributed by atoms with Crippen molar-refractivity contribution in [3.63, 3.8) is 0 Å². The van der Waals surface area contributed by atoms with Crippen molar-refractivity contribution in [2.24, 2.45) is 5.92 Å². The highest BCUT2D eigenvalue weighted by atomic mass is 35.5. The molecule has 1 nitrogen and oxygen atoms in total. The molecule has 1 rings (SSSR count). The van der Waals surface area contributed by atoms with Crippen LogP contribution in [0.15, 0.2) is 0 Å². The van der Waals surface area contributed by atoms with E-state index in [9.17, 15) is 0 Å². The van der Waals surface area contributed by atoms with E-state index in [1.54, 1.807) is 0 Å². The van der Waals surface area contributed by atoms with Crippen LogP contribution in [0.1, 0.15) is 32.6 Å². The van der Waals surface area contributed by atoms with Gasteiger partial charge in [-0.3, -0.25) is 0 Å². The highest BCUT2D eigenvalue weighted by molar-refractivity contribution is 6.18. The molecule has 0 amide bonds. The molecule has 72 valence electrons. The van der Waals surface area contributed by atoms with Gasteiger partial charge in [0.1, 0.15) is 0 Å². The summed E-state index contributed by atoms with van der Waals surface area (Å²) in [5.74, 6) is 1.84. The van der Waals surface area contributed by atoms with Gasteiger partial charge in [0.25, 0.3) is 0 Å². The summed E-state index contributed by atoms with van der Waals surface area (Å²) < 4.78 is 0. The molecule has 2 heteroatoms. The maximum Gasteiger partial charge on any atom is 0.0351 e. The lowest BCUT2D eigenvalue weighted by atomic mass is 10.2. The quantitative estimate of drug-likeness (QED) is 0.557. The Balaban J connectivity index is 2.03. The lowest BCUT2D eigenvalue weighted by molar-refractivity contribution is 0.281. The highest BCUT2D eigenvalue weighted by Gasteiger charge is 2.21. The second-order valence-corrected chi connectivity index (χ2v) is 4.14. The number of alkyl halides is 1. The normalized spacial score (nSPS) is 17.2. The molecule has 1 aliphatic carbocycles. The minimum atomic E-state index is 0.782. The SMILES string of the molecule is CCCN(CCCl)CCC1CC1. The van der Waals surface area contributed by atoms with Gasteiger partial charge in [-0.15, -0.1) is 11.6 Å². The van der Waals surface area contributed by atoms with E-state index in [4.69, 9.17) is 11.6 Å². The molecular formula is C10H20ClN. The third kappa shape index (κ3) is 4.32. The highest BCUT2D eigenvalue weighted by Crippen LogP contribution is 2.32. The van der Waals surface area contributed by atoms with Crippen molar-refractivity contribution in [1.82, 2.24) is 4.90 Å². The van der Waals surface area contributed by atoms with Crippen LogP contribution in [0.2, 0.25) is 0 Å². The van der Waals surface area contributed by atoms with Crippen LogP contribution in [0.4, 0.5) is 0 Å². The molecular weight excluding hydrogens is 170 g/mol. The Morgan fingerprint density at radius 2 is 2.00 bits per heavy atom. The molecule has 0 heterocycles. The molecule has 12 heavy (non-hydrogen) atoms. The monoisotopic (exact) mass is 189 g/mol. The van der Waals surface area contributed by atoms with Crippen LogP contribution in [0.25, 0.3) is 0 Å². The van der Waals surface area contributed by atoms with E-state index in [0.29, 0.717) is 0 Å². The van der Waals surface area contributed by atoms with E-state index in [1.165, 1.54) is 38.8 Å². The number of halogens is 1. The van der Waals surface area contributed by atoms with Crippen LogP contribution >= 0.6 is 11.6 Å². The predicted molar refractivity (Wildman–Crippen MR) is 54.8 cm³/mol. The lowest BCUT2D eigenvalue weighted by Crippen LogP contribution is -2.28. The molecule has 0 atom stereocenters. The fraction of sp³-hybridized carbons (Fsp3) is 1.00. The Bertz CT molecular complexity index is 106. The predicted octanol–water partition coefficient (Wildman–Crippen LogP) is 2.74. The third-order valence-corrected chi connectivity index (χ3v) is 2.66. The molecule has 0 aromatic heterocycles. The van der Waals surface area contributed by atoms with Gasteiger partial charge in [0.05, 0.1) is 0 Å². The zero-order valence-electron chi connectivity index (χ0n) is 8.06. The van der Waals surface area contributed by atoms with Gasteiger partial charge in [-0.25, -0.2) is 0 Å². The molecule has 1 fully saturated rings. The maximum atomic E-state index is 5.72. The van der Waals surface area contributed by atoms with Crippen molar-refractivity contribution in [2.45, 2.75) is 32.6 Å². The Hall–Kier alpha value is 0.250. The van der Waals surface area contributed by atoms with Crippen LogP contribution < -0.4 is 0 Å². The standard InChI is InChI=1S/C10H20ClN/c1-2-7-12(9-6-11)8-5-10-3-4-10/h10H,2-9H2,1H3. The molecule has 1 saturated carbocycles. The summed E-state index contributed by atoms with van der Waals surface area (Å²) in [6.07, 6.45) is 5.60. The Kier molecular flexibility index (Phi) is 5.01. The first-order chi connectivity index (χ1) is 5.86. The smallest absolute Gasteiger partial charge is 0.0351 e. The fourth-order valence-corrected chi connectivity index (χ4v) is 1.78. The molecule has 0 saturated heterocycles. The first kappa shape index (κ1) is 10.3. The van der Waals surface area contributed by atoms with E-state index >= 15 is 0 Å². The molecule has 0 aliphatic heterocycles. The molecule has 0 aromatic rings. The topological polar surface area (TPSA) is 3.24 Å². The maximum absolute atomic E-state index is 5.72. The Labute approximate surface area is 81.1 Å². The fourth-order valence-electron chi connectivity index (χ4n) is 1.54. The summed E-state index contributed by atoms with van der Waals surface area (Å²) in [5, 5.41) is 0. The second kappa shape index (κ2) is 5.82. The molecule has 0 radical (unpaired) electrons. The van der Waals surface area contributed by atoms with Crippen molar-refractivity contribution in [3.05, 3.63) is 0 Å². The Morgan fingerprint density at radius 3 is 2.50 bits per heavy atom. The lowest BCUT2D eigenvalue weighted by Gasteiger charge is -2.19. The summed E-state index contributed by atoms with van der Waals surface area (Å²) >= 11 is 5.72. The van der Waals surface area contributed by atoms with Gasteiger partial charge in [0, 0.05) is 12.4 Å². The van der Waals surface area contributed by atoms with Crippen molar-refractivity contribution < 1.29 is 0 Å². The van der Waals surface area contributed by atoms with E-state index in [0.717, 1.165) is 18.3 Å². The van der Waals surface area contributed by atoms with Gasteiger partial charge in [-0.1, -0.05) is 19.8 Å². The van der Waals surface area contributed by atoms with Gasteiger partial charge < -0.3 is 4.90 Å². The van der Waals surface area contributed by atoms with E-state index in [2.05, 4.69) is 11.8 Å².